The van der Waals surface area contributed by atoms with Crippen molar-refractivity contribution < 1.29 is 19.2 Å². The van der Waals surface area contributed by atoms with Crippen molar-refractivity contribution in [1.82, 2.24) is 0 Å². The molecule has 0 aliphatic heterocycles. The van der Waals surface area contributed by atoms with Crippen LogP contribution in [0.25, 0.3) is 0 Å². The molecule has 2 aromatic carbocycles. The van der Waals surface area contributed by atoms with E-state index in [1.54, 1.807) is 49.4 Å². The second-order valence-corrected chi connectivity index (χ2v) is 5.25. The molecule has 0 saturated heterocycles. The lowest BCUT2D eigenvalue weighted by atomic mass is 10.1. The second-order valence-electron chi connectivity index (χ2n) is 5.25. The van der Waals surface area contributed by atoms with Gasteiger partial charge in [-0.25, -0.2) is 4.79 Å². The van der Waals surface area contributed by atoms with E-state index in [0.29, 0.717) is 11.3 Å². The molecule has 1 amide bonds. The Morgan fingerprint density at radius 2 is 1.76 bits per heavy atom. The summed E-state index contributed by atoms with van der Waals surface area (Å²) in [6.07, 6.45) is -0.148. The van der Waals surface area contributed by atoms with Crippen molar-refractivity contribution in [3.8, 4) is 0 Å². The Kier molecular flexibility index (Phi) is 5.84. The van der Waals surface area contributed by atoms with Crippen molar-refractivity contribution in [1.29, 1.82) is 0 Å². The summed E-state index contributed by atoms with van der Waals surface area (Å²) < 4.78 is 5.00. The monoisotopic (exact) mass is 342 g/mol. The normalized spacial score (nSPS) is 10.2. The Balaban J connectivity index is 2.27. The van der Waals surface area contributed by atoms with Gasteiger partial charge in [-0.1, -0.05) is 30.3 Å². The molecule has 25 heavy (non-hydrogen) atoms. The molecule has 130 valence electrons. The number of anilines is 1. The van der Waals surface area contributed by atoms with Gasteiger partial charge in [0.25, 0.3) is 5.69 Å². The molecule has 2 rings (SSSR count). The van der Waals surface area contributed by atoms with Crippen LogP contribution in [0, 0.1) is 10.1 Å². The predicted molar refractivity (Wildman–Crippen MR) is 92.6 cm³/mol. The number of hydrogen-bond donors (Lipinski definition) is 0. The maximum Gasteiger partial charge on any atom is 0.340 e. The summed E-state index contributed by atoms with van der Waals surface area (Å²) in [5, 5.41) is 11.1. The molecule has 2 aromatic rings. The number of para-hydroxylation sites is 2. The van der Waals surface area contributed by atoms with Gasteiger partial charge in [0.2, 0.25) is 5.91 Å². The molecule has 0 N–H and O–H groups in total. The average molecular weight is 342 g/mol. The van der Waals surface area contributed by atoms with E-state index in [1.165, 1.54) is 18.0 Å². The Labute approximate surface area is 145 Å². The SMILES string of the molecule is CCOC(=O)c1ccccc1N(C)C(=O)Cc1ccccc1[N+](=O)[O-]. The highest BCUT2D eigenvalue weighted by molar-refractivity contribution is 6.03. The average Bonchev–Trinajstić information content (AvgIpc) is 2.61. The van der Waals surface area contributed by atoms with Gasteiger partial charge in [-0.05, 0) is 19.1 Å². The maximum atomic E-state index is 12.6. The van der Waals surface area contributed by atoms with E-state index in [0.717, 1.165) is 0 Å². The fourth-order valence-corrected chi connectivity index (χ4v) is 2.40. The number of rotatable bonds is 6. The zero-order chi connectivity index (χ0) is 18.4. The lowest BCUT2D eigenvalue weighted by molar-refractivity contribution is -0.385. The van der Waals surface area contributed by atoms with Gasteiger partial charge in [-0.15, -0.1) is 0 Å². The van der Waals surface area contributed by atoms with E-state index in [9.17, 15) is 19.7 Å². The molecule has 7 heteroatoms. The van der Waals surface area contributed by atoms with Gasteiger partial charge >= 0.3 is 5.97 Å². The Morgan fingerprint density at radius 1 is 1.12 bits per heavy atom. The van der Waals surface area contributed by atoms with Gasteiger partial charge in [0, 0.05) is 18.7 Å². The lowest BCUT2D eigenvalue weighted by Gasteiger charge is -2.20. The highest BCUT2D eigenvalue weighted by Crippen LogP contribution is 2.23. The van der Waals surface area contributed by atoms with Crippen LogP contribution in [-0.4, -0.2) is 30.5 Å². The zero-order valence-electron chi connectivity index (χ0n) is 14.0. The topological polar surface area (TPSA) is 89.8 Å². The molecule has 0 saturated carbocycles. The molecule has 0 fully saturated rings. The van der Waals surface area contributed by atoms with Gasteiger partial charge in [-0.2, -0.15) is 0 Å². The zero-order valence-corrected chi connectivity index (χ0v) is 14.0. The Bertz CT molecular complexity index is 804. The fourth-order valence-electron chi connectivity index (χ4n) is 2.40. The van der Waals surface area contributed by atoms with Crippen LogP contribution in [-0.2, 0) is 16.0 Å². The minimum atomic E-state index is -0.525. The first kappa shape index (κ1) is 18.1. The minimum Gasteiger partial charge on any atom is -0.462 e. The highest BCUT2D eigenvalue weighted by Gasteiger charge is 2.22. The third-order valence-corrected chi connectivity index (χ3v) is 3.66. The summed E-state index contributed by atoms with van der Waals surface area (Å²) in [5.41, 5.74) is 0.869. The first-order valence-electron chi connectivity index (χ1n) is 7.70. The molecule has 0 aromatic heterocycles. The van der Waals surface area contributed by atoms with Crippen molar-refractivity contribution >= 4 is 23.3 Å². The molecule has 7 nitrogen and oxygen atoms in total. The van der Waals surface area contributed by atoms with Crippen LogP contribution in [0.2, 0.25) is 0 Å². The van der Waals surface area contributed by atoms with E-state index >= 15 is 0 Å². The number of amides is 1. The lowest BCUT2D eigenvalue weighted by Crippen LogP contribution is -2.29. The van der Waals surface area contributed by atoms with Crippen LogP contribution in [0.5, 0.6) is 0 Å². The summed E-state index contributed by atoms with van der Waals surface area (Å²) in [5.74, 6) is -0.894. The van der Waals surface area contributed by atoms with E-state index in [2.05, 4.69) is 0 Å². The van der Waals surface area contributed by atoms with Crippen molar-refractivity contribution in [2.24, 2.45) is 0 Å². The molecule has 0 atom stereocenters. The van der Waals surface area contributed by atoms with Gasteiger partial charge in [0.1, 0.15) is 0 Å². The van der Waals surface area contributed by atoms with Gasteiger partial charge < -0.3 is 9.64 Å². The number of likely N-dealkylation sites (N-methyl/N-ethyl adjacent to an activating group) is 1. The maximum absolute atomic E-state index is 12.6. The second kappa shape index (κ2) is 8.05. The summed E-state index contributed by atoms with van der Waals surface area (Å²) in [4.78, 5) is 36.5. The molecular formula is C18H18N2O5. The summed E-state index contributed by atoms with van der Waals surface area (Å²) >= 11 is 0. The van der Waals surface area contributed by atoms with Crippen LogP contribution >= 0.6 is 0 Å². The molecule has 0 aliphatic carbocycles. The van der Waals surface area contributed by atoms with Crippen molar-refractivity contribution in [3.63, 3.8) is 0 Å². The largest absolute Gasteiger partial charge is 0.462 e. The van der Waals surface area contributed by atoms with Gasteiger partial charge in [0.15, 0.2) is 0 Å². The summed E-state index contributed by atoms with van der Waals surface area (Å²) in [6, 6.07) is 12.7. The van der Waals surface area contributed by atoms with Crippen LogP contribution < -0.4 is 4.90 Å². The first-order chi connectivity index (χ1) is 12.0. The number of nitro benzene ring substituents is 1. The first-order valence-corrected chi connectivity index (χ1v) is 7.70. The number of carbonyl (C=O) groups is 2. The van der Waals surface area contributed by atoms with E-state index in [4.69, 9.17) is 4.74 Å². The third-order valence-electron chi connectivity index (χ3n) is 3.66. The van der Waals surface area contributed by atoms with E-state index in [-0.39, 0.29) is 30.2 Å². The number of carbonyl (C=O) groups excluding carboxylic acids is 2. The Morgan fingerprint density at radius 3 is 2.44 bits per heavy atom. The standard InChI is InChI=1S/C18H18N2O5/c1-3-25-18(22)14-9-5-7-11-16(14)19(2)17(21)12-13-8-4-6-10-15(13)20(23)24/h4-11H,3,12H2,1-2H3. The smallest absolute Gasteiger partial charge is 0.340 e. The summed E-state index contributed by atoms with van der Waals surface area (Å²) in [6.45, 7) is 1.92. The number of nitrogens with zero attached hydrogens (tertiary/aromatic N) is 2. The predicted octanol–water partition coefficient (Wildman–Crippen LogP) is 2.98. The number of esters is 1. The molecule has 0 heterocycles. The van der Waals surface area contributed by atoms with Gasteiger partial charge in [0.05, 0.1) is 29.2 Å². The molecule has 0 spiro atoms. The van der Waals surface area contributed by atoms with E-state index in [1.807, 2.05) is 0 Å². The van der Waals surface area contributed by atoms with Crippen LogP contribution in [0.3, 0.4) is 0 Å². The molecule has 0 bridgehead atoms. The van der Waals surface area contributed by atoms with Gasteiger partial charge in [-0.3, -0.25) is 14.9 Å². The Hall–Kier alpha value is -3.22. The van der Waals surface area contributed by atoms with E-state index < -0.39 is 10.9 Å². The van der Waals surface area contributed by atoms with Crippen LogP contribution in [0.15, 0.2) is 48.5 Å². The van der Waals surface area contributed by atoms with Crippen LogP contribution in [0.1, 0.15) is 22.8 Å². The van der Waals surface area contributed by atoms with Crippen molar-refractivity contribution in [2.75, 3.05) is 18.6 Å². The third kappa shape index (κ3) is 4.20. The minimum absolute atomic E-state index is 0.108. The molecular weight excluding hydrogens is 324 g/mol. The number of nitro groups is 1. The molecule has 0 unspecified atom stereocenters. The molecule has 0 aliphatic rings. The van der Waals surface area contributed by atoms with Crippen LogP contribution in [0.4, 0.5) is 11.4 Å². The quantitative estimate of drug-likeness (QED) is 0.457. The number of benzene rings is 2. The van der Waals surface area contributed by atoms with Crippen molar-refractivity contribution in [3.05, 3.63) is 69.8 Å². The number of hydrogen-bond acceptors (Lipinski definition) is 5. The number of ether oxygens (including phenoxy) is 1. The molecule has 0 radical (unpaired) electrons. The highest BCUT2D eigenvalue weighted by atomic mass is 16.6. The fraction of sp³-hybridized carbons (Fsp3) is 0.222. The van der Waals surface area contributed by atoms with Crippen molar-refractivity contribution in [2.45, 2.75) is 13.3 Å². The summed E-state index contributed by atoms with van der Waals surface area (Å²) in [7, 11) is 1.52.